The third-order valence-electron chi connectivity index (χ3n) is 4.14. The van der Waals surface area contributed by atoms with Crippen molar-refractivity contribution in [3.8, 4) is 0 Å². The molecule has 0 atom stereocenters. The molecule has 0 amide bonds. The summed E-state index contributed by atoms with van der Waals surface area (Å²) in [5.74, 6) is 0.545. The van der Waals surface area contributed by atoms with Crippen LogP contribution >= 0.6 is 0 Å². The van der Waals surface area contributed by atoms with Gasteiger partial charge in [-0.05, 0) is 44.9 Å². The maximum absolute atomic E-state index is 12.4. The molecule has 1 aliphatic carbocycles. The van der Waals surface area contributed by atoms with E-state index in [9.17, 15) is 4.79 Å². The third-order valence-corrected chi connectivity index (χ3v) is 4.14. The van der Waals surface area contributed by atoms with Crippen LogP contribution in [0.5, 0.6) is 0 Å². The Kier molecular flexibility index (Phi) is 3.13. The topological polar surface area (TPSA) is 34.9 Å². The summed E-state index contributed by atoms with van der Waals surface area (Å²) in [6.45, 7) is 4.28. The molecule has 0 aliphatic heterocycles. The van der Waals surface area contributed by atoms with Crippen LogP contribution in [-0.4, -0.2) is 15.3 Å². The van der Waals surface area contributed by atoms with Gasteiger partial charge in [0.15, 0.2) is 5.78 Å². The van der Waals surface area contributed by atoms with Gasteiger partial charge in [0.05, 0.1) is 17.4 Å². The van der Waals surface area contributed by atoms with Gasteiger partial charge in [0.25, 0.3) is 0 Å². The minimum absolute atomic E-state index is 0.240. The van der Waals surface area contributed by atoms with E-state index in [2.05, 4.69) is 23.4 Å². The molecular weight excluding hydrogens is 236 g/mol. The van der Waals surface area contributed by atoms with Crippen molar-refractivity contribution in [3.63, 3.8) is 0 Å². The highest BCUT2D eigenvalue weighted by molar-refractivity contribution is 6.00. The van der Waals surface area contributed by atoms with Crippen molar-refractivity contribution >= 4 is 16.8 Å². The van der Waals surface area contributed by atoms with E-state index < -0.39 is 0 Å². The van der Waals surface area contributed by atoms with Gasteiger partial charge in [0.1, 0.15) is 0 Å². The predicted molar refractivity (Wildman–Crippen MR) is 76.4 cm³/mol. The van der Waals surface area contributed by atoms with Gasteiger partial charge >= 0.3 is 0 Å². The lowest BCUT2D eigenvalue weighted by Crippen LogP contribution is -2.10. The number of ketones is 1. The fraction of sp³-hybridized carbons (Fsp3) is 0.500. The number of carbonyl (C=O) groups excluding carboxylic acids is 1. The number of benzene rings is 1. The second-order valence-corrected chi connectivity index (χ2v) is 5.79. The molecule has 1 aromatic carbocycles. The fourth-order valence-electron chi connectivity index (χ4n) is 3.02. The molecule has 3 rings (SSSR count). The molecule has 0 bridgehead atoms. The van der Waals surface area contributed by atoms with E-state index in [1.54, 1.807) is 0 Å². The Labute approximate surface area is 113 Å². The van der Waals surface area contributed by atoms with Crippen LogP contribution in [0.2, 0.25) is 0 Å². The quantitative estimate of drug-likeness (QED) is 0.778. The molecule has 1 heterocycles. The van der Waals surface area contributed by atoms with Crippen LogP contribution in [0.25, 0.3) is 11.0 Å². The van der Waals surface area contributed by atoms with Crippen LogP contribution < -0.4 is 0 Å². The maximum Gasteiger partial charge on any atom is 0.166 e. The van der Waals surface area contributed by atoms with Crippen molar-refractivity contribution in [3.05, 3.63) is 30.1 Å². The second-order valence-electron chi connectivity index (χ2n) is 5.79. The predicted octanol–water partition coefficient (Wildman–Crippen LogP) is 3.99. The summed E-state index contributed by atoms with van der Waals surface area (Å²) < 4.78 is 2.14. The molecule has 3 heteroatoms. The largest absolute Gasteiger partial charge is 0.328 e. The highest BCUT2D eigenvalue weighted by atomic mass is 16.1. The normalized spacial score (nSPS) is 16.6. The molecule has 0 unspecified atom stereocenters. The average Bonchev–Trinajstić information content (AvgIpc) is 3.06. The van der Waals surface area contributed by atoms with Gasteiger partial charge in [-0.25, -0.2) is 4.98 Å². The summed E-state index contributed by atoms with van der Waals surface area (Å²) in [6.07, 6.45) is 6.36. The van der Waals surface area contributed by atoms with E-state index in [4.69, 9.17) is 0 Å². The molecule has 0 spiro atoms. The van der Waals surface area contributed by atoms with E-state index in [-0.39, 0.29) is 5.92 Å². The van der Waals surface area contributed by atoms with Gasteiger partial charge in [-0.1, -0.05) is 12.8 Å². The summed E-state index contributed by atoms with van der Waals surface area (Å²) >= 11 is 0. The summed E-state index contributed by atoms with van der Waals surface area (Å²) in [7, 11) is 0. The lowest BCUT2D eigenvalue weighted by atomic mass is 9.96. The molecule has 0 N–H and O–H groups in total. The molecule has 1 fully saturated rings. The Morgan fingerprint density at radius 3 is 2.74 bits per heavy atom. The first-order valence-corrected chi connectivity index (χ1v) is 7.17. The second kappa shape index (κ2) is 4.80. The molecule has 19 heavy (non-hydrogen) atoms. The van der Waals surface area contributed by atoms with Crippen molar-refractivity contribution in [2.45, 2.75) is 45.6 Å². The average molecular weight is 256 g/mol. The van der Waals surface area contributed by atoms with Crippen LogP contribution in [-0.2, 0) is 0 Å². The van der Waals surface area contributed by atoms with E-state index in [0.717, 1.165) is 29.4 Å². The van der Waals surface area contributed by atoms with E-state index in [1.807, 2.05) is 24.5 Å². The summed E-state index contributed by atoms with van der Waals surface area (Å²) in [4.78, 5) is 16.8. The number of rotatable bonds is 3. The summed E-state index contributed by atoms with van der Waals surface area (Å²) in [6, 6.07) is 6.34. The zero-order valence-corrected chi connectivity index (χ0v) is 11.6. The minimum Gasteiger partial charge on any atom is -0.328 e. The summed E-state index contributed by atoms with van der Waals surface area (Å²) in [5, 5.41) is 0. The molecule has 0 saturated heterocycles. The number of Topliss-reactive ketones (excluding diaryl/α,β-unsaturated/α-hetero) is 1. The maximum atomic E-state index is 12.4. The first-order valence-electron chi connectivity index (χ1n) is 7.17. The highest BCUT2D eigenvalue weighted by Crippen LogP contribution is 2.29. The number of nitrogens with zero attached hydrogens (tertiary/aromatic N) is 2. The van der Waals surface area contributed by atoms with Gasteiger partial charge in [0, 0.05) is 17.5 Å². The van der Waals surface area contributed by atoms with Crippen molar-refractivity contribution in [2.75, 3.05) is 0 Å². The van der Waals surface area contributed by atoms with E-state index in [1.165, 1.54) is 12.8 Å². The van der Waals surface area contributed by atoms with Crippen molar-refractivity contribution in [2.24, 2.45) is 5.92 Å². The third kappa shape index (κ3) is 2.18. The molecule has 2 aromatic rings. The number of aromatic nitrogens is 2. The number of imidazole rings is 1. The zero-order chi connectivity index (χ0) is 13.4. The Bertz CT molecular complexity index is 606. The lowest BCUT2D eigenvalue weighted by Gasteiger charge is -2.10. The van der Waals surface area contributed by atoms with Crippen LogP contribution in [0.15, 0.2) is 24.5 Å². The van der Waals surface area contributed by atoms with Gasteiger partial charge in [-0.15, -0.1) is 0 Å². The monoisotopic (exact) mass is 256 g/mol. The van der Waals surface area contributed by atoms with Gasteiger partial charge in [-0.3, -0.25) is 4.79 Å². The molecule has 1 aliphatic rings. The van der Waals surface area contributed by atoms with Gasteiger partial charge in [0.2, 0.25) is 0 Å². The Morgan fingerprint density at radius 2 is 2.05 bits per heavy atom. The first kappa shape index (κ1) is 12.4. The van der Waals surface area contributed by atoms with Crippen molar-refractivity contribution in [1.29, 1.82) is 0 Å². The molecule has 1 saturated carbocycles. The van der Waals surface area contributed by atoms with Crippen LogP contribution in [0.1, 0.15) is 55.9 Å². The fourth-order valence-corrected chi connectivity index (χ4v) is 3.02. The van der Waals surface area contributed by atoms with E-state index >= 15 is 0 Å². The Balaban J connectivity index is 1.95. The smallest absolute Gasteiger partial charge is 0.166 e. The zero-order valence-electron chi connectivity index (χ0n) is 11.6. The van der Waals surface area contributed by atoms with Gasteiger partial charge in [-0.2, -0.15) is 0 Å². The Hall–Kier alpha value is -1.64. The SMILES string of the molecule is CC(C)n1cnc2cc(C(=O)C3CCCC3)ccc21. The van der Waals surface area contributed by atoms with Crippen LogP contribution in [0.4, 0.5) is 0 Å². The van der Waals surface area contributed by atoms with Gasteiger partial charge < -0.3 is 4.57 Å². The molecule has 0 radical (unpaired) electrons. The number of hydrogen-bond acceptors (Lipinski definition) is 2. The first-order chi connectivity index (χ1) is 9.16. The highest BCUT2D eigenvalue weighted by Gasteiger charge is 2.24. The summed E-state index contributed by atoms with van der Waals surface area (Å²) in [5.41, 5.74) is 2.86. The lowest BCUT2D eigenvalue weighted by molar-refractivity contribution is 0.0923. The molecular formula is C16H20N2O. The van der Waals surface area contributed by atoms with Crippen molar-refractivity contribution < 1.29 is 4.79 Å². The van der Waals surface area contributed by atoms with Crippen LogP contribution in [0, 0.1) is 5.92 Å². The van der Waals surface area contributed by atoms with Crippen molar-refractivity contribution in [1.82, 2.24) is 9.55 Å². The number of hydrogen-bond donors (Lipinski definition) is 0. The minimum atomic E-state index is 0.240. The Morgan fingerprint density at radius 1 is 1.32 bits per heavy atom. The number of fused-ring (bicyclic) bond motifs is 1. The molecule has 3 nitrogen and oxygen atoms in total. The number of carbonyl (C=O) groups is 1. The van der Waals surface area contributed by atoms with Crippen LogP contribution in [0.3, 0.4) is 0 Å². The molecule has 100 valence electrons. The molecule has 1 aromatic heterocycles. The standard InChI is InChI=1S/C16H20N2O/c1-11(2)18-10-17-14-9-13(7-8-15(14)18)16(19)12-5-3-4-6-12/h7-12H,3-6H2,1-2H3. The van der Waals surface area contributed by atoms with E-state index in [0.29, 0.717) is 11.8 Å².